The molecule has 1 N–H and O–H groups in total. The maximum absolute atomic E-state index is 11.0. The number of fused-ring (bicyclic) bond motifs is 1. The molecule has 0 aliphatic carbocycles. The molecule has 0 bridgehead atoms. The van der Waals surface area contributed by atoms with Crippen molar-refractivity contribution in [1.29, 1.82) is 0 Å². The number of aryl methyl sites for hydroxylation is 1. The van der Waals surface area contributed by atoms with Crippen molar-refractivity contribution in [3.05, 3.63) is 28.4 Å². The van der Waals surface area contributed by atoms with Crippen molar-refractivity contribution < 1.29 is 9.90 Å². The summed E-state index contributed by atoms with van der Waals surface area (Å²) in [5, 5.41) is 14.3. The number of rotatable bonds is 2. The second kappa shape index (κ2) is 3.90. The summed E-state index contributed by atoms with van der Waals surface area (Å²) in [5.74, 6) is -1.39. The molecule has 0 aliphatic heterocycles. The van der Waals surface area contributed by atoms with Gasteiger partial charge in [0.1, 0.15) is 4.60 Å². The number of halogens is 1. The minimum Gasteiger partial charge on any atom is -0.481 e. The number of aromatic nitrogens is 2. The summed E-state index contributed by atoms with van der Waals surface area (Å²) < 4.78 is 2.56. The lowest BCUT2D eigenvalue weighted by molar-refractivity contribution is -0.138. The Bertz CT molecular complexity index is 562. The van der Waals surface area contributed by atoms with Crippen molar-refractivity contribution in [2.45, 2.75) is 12.8 Å². The third-order valence-corrected chi connectivity index (χ3v) is 3.60. The van der Waals surface area contributed by atoms with Crippen molar-refractivity contribution in [3.8, 4) is 0 Å². The van der Waals surface area contributed by atoms with Crippen molar-refractivity contribution >= 4 is 32.8 Å². The third kappa shape index (κ3) is 1.61. The van der Waals surface area contributed by atoms with Crippen LogP contribution in [0.5, 0.6) is 0 Å². The van der Waals surface area contributed by atoms with Gasteiger partial charge in [-0.1, -0.05) is 18.2 Å². The lowest BCUT2D eigenvalue weighted by Crippen LogP contribution is -2.07. The van der Waals surface area contributed by atoms with Gasteiger partial charge >= 0.3 is 5.97 Å². The molecule has 0 saturated carbocycles. The lowest BCUT2D eigenvalue weighted by Gasteiger charge is -2.06. The zero-order valence-electron chi connectivity index (χ0n) is 8.94. The molecular formula is C11H11BrN2O2. The van der Waals surface area contributed by atoms with E-state index in [4.69, 9.17) is 5.11 Å². The molecule has 16 heavy (non-hydrogen) atoms. The Morgan fingerprint density at radius 2 is 2.25 bits per heavy atom. The number of nitrogens with zero attached hydrogens (tertiary/aromatic N) is 2. The number of carboxylic acid groups (broad SMARTS) is 1. The van der Waals surface area contributed by atoms with E-state index in [0.717, 1.165) is 21.1 Å². The number of carbonyl (C=O) groups is 1. The molecule has 2 aromatic rings. The van der Waals surface area contributed by atoms with Gasteiger partial charge in [-0.15, -0.1) is 0 Å². The predicted molar refractivity (Wildman–Crippen MR) is 64.5 cm³/mol. The van der Waals surface area contributed by atoms with E-state index in [1.807, 2.05) is 19.2 Å². The largest absolute Gasteiger partial charge is 0.481 e. The molecule has 1 atom stereocenters. The number of carboxylic acids is 1. The third-order valence-electron chi connectivity index (χ3n) is 2.66. The van der Waals surface area contributed by atoms with Crippen LogP contribution in [0.1, 0.15) is 18.4 Å². The topological polar surface area (TPSA) is 55.1 Å². The molecule has 0 fully saturated rings. The SMILES string of the molecule is CC(C(=O)O)c1cccc2c(Br)n(C)nc12. The van der Waals surface area contributed by atoms with Crippen molar-refractivity contribution in [2.75, 3.05) is 0 Å². The normalized spacial score (nSPS) is 12.9. The minimum absolute atomic E-state index is 0.550. The molecule has 0 amide bonds. The van der Waals surface area contributed by atoms with Gasteiger partial charge in [0, 0.05) is 12.4 Å². The summed E-state index contributed by atoms with van der Waals surface area (Å²) >= 11 is 3.42. The molecule has 1 unspecified atom stereocenters. The van der Waals surface area contributed by atoms with Crippen LogP contribution in [0.4, 0.5) is 0 Å². The molecule has 84 valence electrons. The van der Waals surface area contributed by atoms with Gasteiger partial charge in [-0.3, -0.25) is 9.48 Å². The van der Waals surface area contributed by atoms with Gasteiger partial charge in [0.15, 0.2) is 0 Å². The standard InChI is InChI=1S/C11H11BrN2O2/c1-6(11(15)16)7-4-3-5-8-9(7)13-14(2)10(8)12/h3-6H,1-2H3,(H,15,16). The van der Waals surface area contributed by atoms with Gasteiger partial charge in [-0.2, -0.15) is 5.10 Å². The predicted octanol–water partition coefficient (Wildman–Crippen LogP) is 2.52. The maximum atomic E-state index is 11.0. The summed E-state index contributed by atoms with van der Waals surface area (Å²) in [6.45, 7) is 1.67. The van der Waals surface area contributed by atoms with E-state index in [9.17, 15) is 4.79 Å². The van der Waals surface area contributed by atoms with Crippen LogP contribution in [-0.2, 0) is 11.8 Å². The van der Waals surface area contributed by atoms with Crippen LogP contribution in [0.2, 0.25) is 0 Å². The van der Waals surface area contributed by atoms with Crippen LogP contribution in [0.15, 0.2) is 22.8 Å². The number of hydrogen-bond donors (Lipinski definition) is 1. The summed E-state index contributed by atoms with van der Waals surface area (Å²) in [5.41, 5.74) is 1.48. The monoisotopic (exact) mass is 282 g/mol. The van der Waals surface area contributed by atoms with Gasteiger partial charge in [-0.25, -0.2) is 0 Å². The maximum Gasteiger partial charge on any atom is 0.310 e. The number of aliphatic carboxylic acids is 1. The van der Waals surface area contributed by atoms with E-state index in [0.29, 0.717) is 0 Å². The first-order valence-electron chi connectivity index (χ1n) is 4.86. The number of benzene rings is 1. The Morgan fingerprint density at radius 1 is 1.56 bits per heavy atom. The molecule has 4 nitrogen and oxygen atoms in total. The molecule has 2 rings (SSSR count). The van der Waals surface area contributed by atoms with Crippen molar-refractivity contribution in [1.82, 2.24) is 9.78 Å². The fourth-order valence-corrected chi connectivity index (χ4v) is 2.09. The van der Waals surface area contributed by atoms with Gasteiger partial charge in [0.25, 0.3) is 0 Å². The minimum atomic E-state index is -0.839. The van der Waals surface area contributed by atoms with Crippen LogP contribution in [-0.4, -0.2) is 20.9 Å². The molecule has 5 heteroatoms. The van der Waals surface area contributed by atoms with Crippen LogP contribution < -0.4 is 0 Å². The zero-order chi connectivity index (χ0) is 11.9. The Hall–Kier alpha value is -1.36. The van der Waals surface area contributed by atoms with Crippen molar-refractivity contribution in [3.63, 3.8) is 0 Å². The lowest BCUT2D eigenvalue weighted by atomic mass is 9.99. The van der Waals surface area contributed by atoms with Crippen LogP contribution in [0, 0.1) is 0 Å². The zero-order valence-corrected chi connectivity index (χ0v) is 10.5. The van der Waals surface area contributed by atoms with E-state index in [-0.39, 0.29) is 0 Å². The average molecular weight is 283 g/mol. The molecule has 0 radical (unpaired) electrons. The van der Waals surface area contributed by atoms with E-state index in [1.165, 1.54) is 0 Å². The first-order chi connectivity index (χ1) is 7.52. The molecule has 1 aromatic heterocycles. The van der Waals surface area contributed by atoms with Crippen LogP contribution in [0.25, 0.3) is 10.9 Å². The summed E-state index contributed by atoms with van der Waals surface area (Å²) in [4.78, 5) is 11.0. The van der Waals surface area contributed by atoms with Gasteiger partial charge in [0.05, 0.1) is 11.4 Å². The summed E-state index contributed by atoms with van der Waals surface area (Å²) in [6.07, 6.45) is 0. The van der Waals surface area contributed by atoms with Gasteiger partial charge in [0.2, 0.25) is 0 Å². The second-order valence-corrected chi connectivity index (χ2v) is 4.47. The van der Waals surface area contributed by atoms with E-state index in [2.05, 4.69) is 21.0 Å². The van der Waals surface area contributed by atoms with E-state index >= 15 is 0 Å². The van der Waals surface area contributed by atoms with E-state index in [1.54, 1.807) is 17.7 Å². The Kier molecular flexibility index (Phi) is 2.71. The summed E-state index contributed by atoms with van der Waals surface area (Å²) in [6, 6.07) is 5.58. The summed E-state index contributed by atoms with van der Waals surface area (Å²) in [7, 11) is 1.82. The highest BCUT2D eigenvalue weighted by Crippen LogP contribution is 2.29. The quantitative estimate of drug-likeness (QED) is 0.921. The van der Waals surface area contributed by atoms with Crippen LogP contribution in [0.3, 0.4) is 0 Å². The highest BCUT2D eigenvalue weighted by Gasteiger charge is 2.19. The van der Waals surface area contributed by atoms with Gasteiger partial charge in [-0.05, 0) is 28.4 Å². The Balaban J connectivity index is 2.71. The van der Waals surface area contributed by atoms with E-state index < -0.39 is 11.9 Å². The second-order valence-electron chi connectivity index (χ2n) is 3.72. The molecule has 0 saturated heterocycles. The smallest absolute Gasteiger partial charge is 0.310 e. The average Bonchev–Trinajstić information content (AvgIpc) is 2.54. The first-order valence-corrected chi connectivity index (χ1v) is 5.65. The Morgan fingerprint density at radius 3 is 2.88 bits per heavy atom. The fraction of sp³-hybridized carbons (Fsp3) is 0.273. The molecule has 1 aromatic carbocycles. The molecular weight excluding hydrogens is 272 g/mol. The number of hydrogen-bond acceptors (Lipinski definition) is 2. The Labute approximate surface area is 101 Å². The molecule has 0 aliphatic rings. The van der Waals surface area contributed by atoms with Gasteiger partial charge < -0.3 is 5.11 Å². The highest BCUT2D eigenvalue weighted by atomic mass is 79.9. The highest BCUT2D eigenvalue weighted by molar-refractivity contribution is 9.10. The first kappa shape index (κ1) is 11.1. The molecule has 1 heterocycles. The van der Waals surface area contributed by atoms with Crippen LogP contribution >= 0.6 is 15.9 Å². The molecule has 0 spiro atoms. The van der Waals surface area contributed by atoms with Crippen molar-refractivity contribution in [2.24, 2.45) is 7.05 Å². The fourth-order valence-electron chi connectivity index (χ4n) is 1.69.